The number of para-hydroxylation sites is 1. The standard InChI is InChI=1S/C18H21FN2O3S/c1-3-4-12-21(2)25(23,24)15-9-7-8-14(13-15)18(22)20-17-11-6-5-10-16(17)19/h5-11,13H,3-4,12H2,1-2H3,(H,20,22). The second-order valence-corrected chi connectivity index (χ2v) is 7.69. The topological polar surface area (TPSA) is 66.5 Å². The summed E-state index contributed by atoms with van der Waals surface area (Å²) >= 11 is 0. The molecule has 0 bridgehead atoms. The van der Waals surface area contributed by atoms with Gasteiger partial charge < -0.3 is 5.32 Å². The normalized spacial score (nSPS) is 11.5. The number of rotatable bonds is 7. The van der Waals surface area contributed by atoms with E-state index < -0.39 is 21.7 Å². The number of halogens is 1. The number of nitrogens with one attached hydrogen (secondary N) is 1. The average Bonchev–Trinajstić information content (AvgIpc) is 2.61. The van der Waals surface area contributed by atoms with E-state index in [4.69, 9.17) is 0 Å². The Labute approximate surface area is 147 Å². The van der Waals surface area contributed by atoms with Crippen molar-refractivity contribution in [1.29, 1.82) is 0 Å². The number of anilines is 1. The van der Waals surface area contributed by atoms with Gasteiger partial charge in [-0.2, -0.15) is 0 Å². The zero-order chi connectivity index (χ0) is 18.4. The number of carbonyl (C=O) groups is 1. The maximum atomic E-state index is 13.6. The number of unbranched alkanes of at least 4 members (excludes halogenated alkanes) is 1. The fourth-order valence-electron chi connectivity index (χ4n) is 2.24. The van der Waals surface area contributed by atoms with E-state index in [1.807, 2.05) is 6.92 Å². The van der Waals surface area contributed by atoms with Gasteiger partial charge in [-0.15, -0.1) is 0 Å². The zero-order valence-corrected chi connectivity index (χ0v) is 15.0. The van der Waals surface area contributed by atoms with Crippen LogP contribution < -0.4 is 5.32 Å². The Morgan fingerprint density at radius 2 is 1.88 bits per heavy atom. The van der Waals surface area contributed by atoms with Crippen molar-refractivity contribution >= 4 is 21.6 Å². The maximum Gasteiger partial charge on any atom is 0.255 e. The van der Waals surface area contributed by atoms with Gasteiger partial charge >= 0.3 is 0 Å². The molecule has 0 aliphatic rings. The van der Waals surface area contributed by atoms with Crippen molar-refractivity contribution in [2.75, 3.05) is 18.9 Å². The highest BCUT2D eigenvalue weighted by Gasteiger charge is 2.21. The molecule has 0 aliphatic heterocycles. The van der Waals surface area contributed by atoms with Crippen LogP contribution in [0.1, 0.15) is 30.1 Å². The van der Waals surface area contributed by atoms with Crippen molar-refractivity contribution < 1.29 is 17.6 Å². The molecule has 0 aromatic heterocycles. The van der Waals surface area contributed by atoms with Gasteiger partial charge in [0.15, 0.2) is 0 Å². The van der Waals surface area contributed by atoms with Crippen molar-refractivity contribution in [2.24, 2.45) is 0 Å². The van der Waals surface area contributed by atoms with E-state index in [9.17, 15) is 17.6 Å². The number of benzene rings is 2. The molecule has 0 atom stereocenters. The molecule has 0 spiro atoms. The van der Waals surface area contributed by atoms with Gasteiger partial charge in [-0.3, -0.25) is 4.79 Å². The first kappa shape index (κ1) is 19.1. The predicted molar refractivity (Wildman–Crippen MR) is 95.5 cm³/mol. The Morgan fingerprint density at radius 1 is 1.16 bits per heavy atom. The fourth-order valence-corrected chi connectivity index (χ4v) is 3.49. The molecular weight excluding hydrogens is 343 g/mol. The summed E-state index contributed by atoms with van der Waals surface area (Å²) in [7, 11) is -2.16. The van der Waals surface area contributed by atoms with Crippen molar-refractivity contribution in [2.45, 2.75) is 24.7 Å². The molecule has 2 aromatic rings. The predicted octanol–water partition coefficient (Wildman–Crippen LogP) is 3.50. The van der Waals surface area contributed by atoms with E-state index in [2.05, 4.69) is 5.32 Å². The summed E-state index contributed by atoms with van der Waals surface area (Å²) in [4.78, 5) is 12.3. The number of hydrogen-bond acceptors (Lipinski definition) is 3. The molecule has 2 rings (SSSR count). The smallest absolute Gasteiger partial charge is 0.255 e. The molecule has 0 saturated carbocycles. The summed E-state index contributed by atoms with van der Waals surface area (Å²) in [5, 5.41) is 2.45. The molecule has 25 heavy (non-hydrogen) atoms. The van der Waals surface area contributed by atoms with Gasteiger partial charge in [-0.25, -0.2) is 17.1 Å². The van der Waals surface area contributed by atoms with Crippen LogP contribution in [-0.4, -0.2) is 32.2 Å². The molecule has 0 heterocycles. The van der Waals surface area contributed by atoms with Gasteiger partial charge in [-0.1, -0.05) is 31.5 Å². The van der Waals surface area contributed by atoms with Crippen molar-refractivity contribution in [3.63, 3.8) is 0 Å². The van der Waals surface area contributed by atoms with Gasteiger partial charge in [0.25, 0.3) is 5.91 Å². The van der Waals surface area contributed by atoms with Crippen LogP contribution in [-0.2, 0) is 10.0 Å². The summed E-state index contributed by atoms with van der Waals surface area (Å²) in [5.41, 5.74) is 0.189. The maximum absolute atomic E-state index is 13.6. The number of sulfonamides is 1. The number of nitrogens with zero attached hydrogens (tertiary/aromatic N) is 1. The van der Waals surface area contributed by atoms with E-state index in [-0.39, 0.29) is 16.1 Å². The summed E-state index contributed by atoms with van der Waals surface area (Å²) in [6.07, 6.45) is 1.63. The monoisotopic (exact) mass is 364 g/mol. The molecule has 7 heteroatoms. The molecule has 1 N–H and O–H groups in total. The van der Waals surface area contributed by atoms with Crippen molar-refractivity contribution in [1.82, 2.24) is 4.31 Å². The Kier molecular flexibility index (Phi) is 6.27. The minimum Gasteiger partial charge on any atom is -0.319 e. The van der Waals surface area contributed by atoms with E-state index in [0.29, 0.717) is 6.54 Å². The minimum atomic E-state index is -3.67. The lowest BCUT2D eigenvalue weighted by Crippen LogP contribution is -2.28. The van der Waals surface area contributed by atoms with Crippen molar-refractivity contribution in [3.8, 4) is 0 Å². The van der Waals surface area contributed by atoms with Crippen LogP contribution in [0.4, 0.5) is 10.1 Å². The van der Waals surface area contributed by atoms with Gasteiger partial charge in [-0.05, 0) is 36.8 Å². The third-order valence-corrected chi connectivity index (χ3v) is 5.61. The Morgan fingerprint density at radius 3 is 2.56 bits per heavy atom. The first-order chi connectivity index (χ1) is 11.9. The lowest BCUT2D eigenvalue weighted by atomic mass is 10.2. The number of carbonyl (C=O) groups excluding carboxylic acids is 1. The third-order valence-electron chi connectivity index (χ3n) is 3.75. The highest BCUT2D eigenvalue weighted by atomic mass is 32.2. The summed E-state index contributed by atoms with van der Waals surface area (Å²) in [6, 6.07) is 11.5. The van der Waals surface area contributed by atoms with E-state index in [0.717, 1.165) is 12.8 Å². The molecule has 0 aliphatic carbocycles. The molecule has 0 unspecified atom stereocenters. The quantitative estimate of drug-likeness (QED) is 0.818. The van der Waals surface area contributed by atoms with Crippen LogP contribution in [0, 0.1) is 5.82 Å². The molecular formula is C18H21FN2O3S. The summed E-state index contributed by atoms with van der Waals surface area (Å²) in [6.45, 7) is 2.39. The Balaban J connectivity index is 2.23. The Hall–Kier alpha value is -2.25. The Bertz CT molecular complexity index is 853. The highest BCUT2D eigenvalue weighted by molar-refractivity contribution is 7.89. The molecule has 0 fully saturated rings. The van der Waals surface area contributed by atoms with E-state index >= 15 is 0 Å². The lowest BCUT2D eigenvalue weighted by molar-refractivity contribution is 0.102. The molecule has 0 saturated heterocycles. The average molecular weight is 364 g/mol. The van der Waals surface area contributed by atoms with Crippen LogP contribution in [0.25, 0.3) is 0 Å². The lowest BCUT2D eigenvalue weighted by Gasteiger charge is -2.17. The molecule has 5 nitrogen and oxygen atoms in total. The summed E-state index contributed by atoms with van der Waals surface area (Å²) < 4.78 is 40.0. The van der Waals surface area contributed by atoms with E-state index in [1.54, 1.807) is 6.07 Å². The number of hydrogen-bond donors (Lipinski definition) is 1. The molecule has 1 amide bonds. The van der Waals surface area contributed by atoms with Gasteiger partial charge in [0.05, 0.1) is 10.6 Å². The second-order valence-electron chi connectivity index (χ2n) is 5.64. The minimum absolute atomic E-state index is 0.0345. The van der Waals surface area contributed by atoms with Crippen LogP contribution in [0.3, 0.4) is 0 Å². The van der Waals surface area contributed by atoms with Crippen LogP contribution in [0.2, 0.25) is 0 Å². The number of amides is 1. The SMILES string of the molecule is CCCCN(C)S(=O)(=O)c1cccc(C(=O)Nc2ccccc2F)c1. The van der Waals surface area contributed by atoms with Crippen LogP contribution in [0.15, 0.2) is 53.4 Å². The summed E-state index contributed by atoms with van der Waals surface area (Å²) in [5.74, 6) is -1.13. The molecule has 134 valence electrons. The third kappa shape index (κ3) is 4.64. The zero-order valence-electron chi connectivity index (χ0n) is 14.2. The fraction of sp³-hybridized carbons (Fsp3) is 0.278. The van der Waals surface area contributed by atoms with Gasteiger partial charge in [0, 0.05) is 19.2 Å². The highest BCUT2D eigenvalue weighted by Crippen LogP contribution is 2.18. The first-order valence-electron chi connectivity index (χ1n) is 7.98. The first-order valence-corrected chi connectivity index (χ1v) is 9.42. The second kappa shape index (κ2) is 8.22. The van der Waals surface area contributed by atoms with Crippen LogP contribution >= 0.6 is 0 Å². The molecule has 0 radical (unpaired) electrons. The van der Waals surface area contributed by atoms with E-state index in [1.165, 1.54) is 53.8 Å². The van der Waals surface area contributed by atoms with Gasteiger partial charge in [0.2, 0.25) is 10.0 Å². The van der Waals surface area contributed by atoms with Crippen LogP contribution in [0.5, 0.6) is 0 Å². The van der Waals surface area contributed by atoms with Crippen molar-refractivity contribution in [3.05, 3.63) is 59.9 Å². The largest absolute Gasteiger partial charge is 0.319 e. The van der Waals surface area contributed by atoms with Gasteiger partial charge in [0.1, 0.15) is 5.82 Å². The molecule has 2 aromatic carbocycles.